The Morgan fingerprint density at radius 3 is 2.20 bits per heavy atom. The van der Waals surface area contributed by atoms with Crippen LogP contribution in [0.5, 0.6) is 0 Å². The normalized spacial score (nSPS) is 15.0. The van der Waals surface area contributed by atoms with E-state index in [4.69, 9.17) is 5.84 Å². The van der Waals surface area contributed by atoms with Gasteiger partial charge >= 0.3 is 0 Å². The van der Waals surface area contributed by atoms with E-state index in [0.717, 1.165) is 12.5 Å². The molecule has 1 aromatic carbocycles. The molecule has 0 aliphatic heterocycles. The van der Waals surface area contributed by atoms with Crippen LogP contribution in [0.25, 0.3) is 0 Å². The predicted molar refractivity (Wildman–Crippen MR) is 55.9 cm³/mol. The van der Waals surface area contributed by atoms with Gasteiger partial charge in [0.25, 0.3) is 0 Å². The van der Waals surface area contributed by atoms with Crippen LogP contribution >= 0.6 is 0 Å². The highest BCUT2D eigenvalue weighted by atomic mass is 19.1. The minimum absolute atomic E-state index is 0.219. The molecular formula is C11H16F2N2. The van der Waals surface area contributed by atoms with Gasteiger partial charge in [-0.05, 0) is 23.6 Å². The molecule has 0 saturated carbocycles. The van der Waals surface area contributed by atoms with Crippen LogP contribution in [-0.4, -0.2) is 0 Å². The van der Waals surface area contributed by atoms with Gasteiger partial charge < -0.3 is 0 Å². The molecule has 84 valence electrons. The fraction of sp³-hybridized carbons (Fsp3) is 0.455. The lowest BCUT2D eigenvalue weighted by Crippen LogP contribution is -2.32. The zero-order valence-corrected chi connectivity index (χ0v) is 8.93. The first-order chi connectivity index (χ1) is 7.08. The Morgan fingerprint density at radius 2 is 1.80 bits per heavy atom. The quantitative estimate of drug-likeness (QED) is 0.597. The molecule has 0 aromatic heterocycles. The summed E-state index contributed by atoms with van der Waals surface area (Å²) in [6, 6.07) is 3.24. The van der Waals surface area contributed by atoms with Crippen LogP contribution in [0.2, 0.25) is 0 Å². The summed E-state index contributed by atoms with van der Waals surface area (Å²) in [6.45, 7) is 3.98. The third kappa shape index (κ3) is 2.97. The van der Waals surface area contributed by atoms with Gasteiger partial charge in [0, 0.05) is 12.1 Å². The fourth-order valence-electron chi connectivity index (χ4n) is 1.58. The Labute approximate surface area is 88.4 Å². The second-order valence-corrected chi connectivity index (χ2v) is 3.73. The molecule has 2 unspecified atom stereocenters. The van der Waals surface area contributed by atoms with E-state index in [9.17, 15) is 8.78 Å². The molecule has 3 N–H and O–H groups in total. The smallest absolute Gasteiger partial charge is 0.126 e. The number of nitrogens with two attached hydrogens (primary N) is 1. The van der Waals surface area contributed by atoms with E-state index in [-0.39, 0.29) is 12.0 Å². The molecule has 2 atom stereocenters. The zero-order chi connectivity index (χ0) is 11.4. The molecule has 0 spiro atoms. The highest BCUT2D eigenvalue weighted by Gasteiger charge is 2.17. The molecule has 0 aliphatic carbocycles. The van der Waals surface area contributed by atoms with Crippen molar-refractivity contribution in [1.29, 1.82) is 0 Å². The van der Waals surface area contributed by atoms with Crippen molar-refractivity contribution in [3.8, 4) is 0 Å². The first kappa shape index (κ1) is 12.1. The Balaban J connectivity index is 3.01. The molecule has 1 aromatic rings. The molecule has 0 heterocycles. The summed E-state index contributed by atoms with van der Waals surface area (Å²) < 4.78 is 26.0. The number of hydrazine groups is 1. The SMILES string of the molecule is CCC(C)C(NN)c1cc(F)cc(F)c1. The molecule has 0 bridgehead atoms. The van der Waals surface area contributed by atoms with Gasteiger partial charge in [-0.1, -0.05) is 20.3 Å². The lowest BCUT2D eigenvalue weighted by atomic mass is 9.93. The largest absolute Gasteiger partial charge is 0.271 e. The predicted octanol–water partition coefficient (Wildman–Crippen LogP) is 2.52. The van der Waals surface area contributed by atoms with Crippen LogP contribution in [0, 0.1) is 17.6 Å². The maximum absolute atomic E-state index is 13.0. The number of benzene rings is 1. The van der Waals surface area contributed by atoms with Crippen LogP contribution in [0.3, 0.4) is 0 Å². The van der Waals surface area contributed by atoms with E-state index in [2.05, 4.69) is 5.43 Å². The van der Waals surface area contributed by atoms with Crippen molar-refractivity contribution in [2.75, 3.05) is 0 Å². The average molecular weight is 214 g/mol. The van der Waals surface area contributed by atoms with Gasteiger partial charge in [-0.3, -0.25) is 11.3 Å². The highest BCUT2D eigenvalue weighted by Crippen LogP contribution is 2.24. The molecular weight excluding hydrogens is 198 g/mol. The van der Waals surface area contributed by atoms with E-state index in [1.807, 2.05) is 13.8 Å². The molecule has 2 nitrogen and oxygen atoms in total. The molecule has 0 saturated heterocycles. The maximum Gasteiger partial charge on any atom is 0.126 e. The summed E-state index contributed by atoms with van der Waals surface area (Å²) in [5, 5.41) is 0. The van der Waals surface area contributed by atoms with Crippen LogP contribution in [0.1, 0.15) is 31.9 Å². The van der Waals surface area contributed by atoms with Crippen LogP contribution < -0.4 is 11.3 Å². The van der Waals surface area contributed by atoms with Crippen molar-refractivity contribution >= 4 is 0 Å². The Kier molecular flexibility index (Phi) is 4.17. The summed E-state index contributed by atoms with van der Waals surface area (Å²) in [5.74, 6) is 4.45. The molecule has 4 heteroatoms. The number of hydrogen-bond acceptors (Lipinski definition) is 2. The van der Waals surface area contributed by atoms with Gasteiger partial charge in [-0.25, -0.2) is 8.78 Å². The van der Waals surface area contributed by atoms with Gasteiger partial charge in [-0.15, -0.1) is 0 Å². The third-order valence-electron chi connectivity index (χ3n) is 2.64. The van der Waals surface area contributed by atoms with Crippen LogP contribution in [0.15, 0.2) is 18.2 Å². The van der Waals surface area contributed by atoms with Gasteiger partial charge in [0.1, 0.15) is 11.6 Å². The number of halogens is 2. The summed E-state index contributed by atoms with van der Waals surface area (Å²) in [5.41, 5.74) is 3.14. The molecule has 15 heavy (non-hydrogen) atoms. The van der Waals surface area contributed by atoms with Crippen molar-refractivity contribution in [1.82, 2.24) is 5.43 Å². The van der Waals surface area contributed by atoms with Gasteiger partial charge in [-0.2, -0.15) is 0 Å². The molecule has 0 amide bonds. The third-order valence-corrected chi connectivity index (χ3v) is 2.64. The minimum Gasteiger partial charge on any atom is -0.271 e. The Hall–Kier alpha value is -1.00. The second kappa shape index (κ2) is 5.19. The second-order valence-electron chi connectivity index (χ2n) is 3.73. The number of nitrogens with one attached hydrogen (secondary N) is 1. The standard InChI is InChI=1S/C11H16F2N2/c1-3-7(2)11(15-14)8-4-9(12)6-10(13)5-8/h4-7,11,15H,3,14H2,1-2H3. The molecule has 0 radical (unpaired) electrons. The van der Waals surface area contributed by atoms with Crippen molar-refractivity contribution < 1.29 is 8.78 Å². The first-order valence-electron chi connectivity index (χ1n) is 5.00. The van der Waals surface area contributed by atoms with Crippen molar-refractivity contribution in [2.45, 2.75) is 26.3 Å². The van der Waals surface area contributed by atoms with E-state index >= 15 is 0 Å². The van der Waals surface area contributed by atoms with Crippen LogP contribution in [0.4, 0.5) is 8.78 Å². The molecule has 1 rings (SSSR count). The van der Waals surface area contributed by atoms with Crippen molar-refractivity contribution in [3.63, 3.8) is 0 Å². The Morgan fingerprint density at radius 1 is 1.27 bits per heavy atom. The molecule has 0 aliphatic rings. The van der Waals surface area contributed by atoms with Gasteiger partial charge in [0.2, 0.25) is 0 Å². The Bertz CT molecular complexity index is 308. The average Bonchev–Trinajstić information content (AvgIpc) is 2.17. The van der Waals surface area contributed by atoms with E-state index in [0.29, 0.717) is 5.56 Å². The number of rotatable bonds is 4. The highest BCUT2D eigenvalue weighted by molar-refractivity contribution is 5.21. The van der Waals surface area contributed by atoms with Crippen LogP contribution in [-0.2, 0) is 0 Å². The summed E-state index contributed by atoms with van der Waals surface area (Å²) in [7, 11) is 0. The van der Waals surface area contributed by atoms with E-state index in [1.54, 1.807) is 0 Å². The monoisotopic (exact) mass is 214 g/mol. The zero-order valence-electron chi connectivity index (χ0n) is 8.93. The first-order valence-corrected chi connectivity index (χ1v) is 5.00. The van der Waals surface area contributed by atoms with Crippen molar-refractivity contribution in [2.24, 2.45) is 11.8 Å². The van der Waals surface area contributed by atoms with E-state index in [1.165, 1.54) is 12.1 Å². The lowest BCUT2D eigenvalue weighted by molar-refractivity contribution is 0.380. The molecule has 0 fully saturated rings. The number of hydrogen-bond donors (Lipinski definition) is 2. The maximum atomic E-state index is 13.0. The van der Waals surface area contributed by atoms with E-state index < -0.39 is 11.6 Å². The summed E-state index contributed by atoms with van der Waals surface area (Å²) in [4.78, 5) is 0. The fourth-order valence-corrected chi connectivity index (χ4v) is 1.58. The lowest BCUT2D eigenvalue weighted by Gasteiger charge is -2.22. The topological polar surface area (TPSA) is 38.0 Å². The summed E-state index contributed by atoms with van der Waals surface area (Å²) in [6.07, 6.45) is 0.882. The van der Waals surface area contributed by atoms with Crippen molar-refractivity contribution in [3.05, 3.63) is 35.4 Å². The minimum atomic E-state index is -0.575. The van der Waals surface area contributed by atoms with Gasteiger partial charge in [0.15, 0.2) is 0 Å². The summed E-state index contributed by atoms with van der Waals surface area (Å²) >= 11 is 0. The van der Waals surface area contributed by atoms with Gasteiger partial charge in [0.05, 0.1) is 0 Å².